The first-order valence-corrected chi connectivity index (χ1v) is 9.01. The molecular weight excluding hydrogens is 364 g/mol. The number of esters is 1. The molecule has 2 aliphatic rings. The van der Waals surface area contributed by atoms with Gasteiger partial charge in [-0.05, 0) is 12.1 Å². The van der Waals surface area contributed by atoms with E-state index in [1.54, 1.807) is 30.3 Å². The number of ether oxygens (including phenoxy) is 5. The highest BCUT2D eigenvalue weighted by Gasteiger charge is 2.51. The molecule has 0 aromatic heterocycles. The van der Waals surface area contributed by atoms with Crippen molar-refractivity contribution < 1.29 is 35.0 Å². The molecule has 0 bridgehead atoms. The van der Waals surface area contributed by atoms with Crippen LogP contribution in [-0.4, -0.2) is 55.5 Å². The lowest BCUT2D eigenvalue weighted by atomic mass is 9.97. The minimum Gasteiger partial charge on any atom is -0.453 e. The van der Waals surface area contributed by atoms with Crippen molar-refractivity contribution >= 4 is 5.97 Å². The van der Waals surface area contributed by atoms with Crippen LogP contribution in [0.25, 0.3) is 0 Å². The molecule has 2 saturated heterocycles. The van der Waals surface area contributed by atoms with Gasteiger partial charge in [0.1, 0.15) is 18.3 Å². The van der Waals surface area contributed by atoms with Gasteiger partial charge in [-0.2, -0.15) is 0 Å². The Morgan fingerprint density at radius 2 is 1.79 bits per heavy atom. The number of hydrogen-bond acceptors (Lipinski definition) is 7. The topological polar surface area (TPSA) is 83.5 Å². The molecule has 1 N–H and O–H groups in total. The van der Waals surface area contributed by atoms with Crippen molar-refractivity contribution in [2.75, 3.05) is 13.7 Å². The molecule has 2 heterocycles. The van der Waals surface area contributed by atoms with E-state index in [9.17, 15) is 9.90 Å². The van der Waals surface area contributed by atoms with Crippen LogP contribution in [0.15, 0.2) is 60.7 Å². The average molecular weight is 387 g/mol. The van der Waals surface area contributed by atoms with Crippen molar-refractivity contribution in [2.24, 2.45) is 0 Å². The fourth-order valence-corrected chi connectivity index (χ4v) is 3.32. The summed E-state index contributed by atoms with van der Waals surface area (Å²) in [7, 11) is 1.24. The molecule has 6 atom stereocenters. The smallest absolute Gasteiger partial charge is 0.338 e. The predicted molar refractivity (Wildman–Crippen MR) is 97.3 cm³/mol. The summed E-state index contributed by atoms with van der Waals surface area (Å²) in [6.45, 7) is 0.0837. The average Bonchev–Trinajstić information content (AvgIpc) is 2.77. The zero-order chi connectivity index (χ0) is 20.4. The van der Waals surface area contributed by atoms with Crippen molar-refractivity contribution in [3.63, 3.8) is 0 Å². The molecule has 2 aromatic rings. The molecule has 0 saturated carbocycles. The quantitative estimate of drug-likeness (QED) is 0.804. The maximum atomic E-state index is 12.6. The summed E-state index contributed by atoms with van der Waals surface area (Å²) >= 11 is 0. The number of methoxy groups -OCH3 is 1. The monoisotopic (exact) mass is 387 g/mol. The van der Waals surface area contributed by atoms with Gasteiger partial charge in [-0.15, -0.1) is 0 Å². The van der Waals surface area contributed by atoms with Crippen LogP contribution in [0.1, 0.15) is 23.6 Å². The van der Waals surface area contributed by atoms with Crippen molar-refractivity contribution in [3.05, 3.63) is 71.8 Å². The molecule has 4 rings (SSSR count). The normalized spacial score (nSPS) is 35.5. The van der Waals surface area contributed by atoms with Crippen LogP contribution < -0.4 is 0 Å². The minimum atomic E-state index is -2.12. The molecule has 0 amide bonds. The van der Waals surface area contributed by atoms with Gasteiger partial charge in [-0.3, -0.25) is 0 Å². The van der Waals surface area contributed by atoms with Gasteiger partial charge in [0.25, 0.3) is 0 Å². The first kappa shape index (κ1) is 17.8. The maximum absolute atomic E-state index is 12.6. The second-order valence-electron chi connectivity index (χ2n) is 6.54. The van der Waals surface area contributed by atoms with Crippen LogP contribution in [0, 0.1) is 0 Å². The van der Waals surface area contributed by atoms with E-state index in [-0.39, 0.29) is 6.61 Å². The van der Waals surface area contributed by atoms with Gasteiger partial charge in [0.15, 0.2) is 18.7 Å². The number of rotatable bonds is 4. The highest BCUT2D eigenvalue weighted by atomic mass is 16.8. The van der Waals surface area contributed by atoms with Crippen LogP contribution in [0.3, 0.4) is 0 Å². The number of carbonyl (C=O) groups is 1. The number of aliphatic hydroxyl groups excluding tert-OH is 1. The Morgan fingerprint density at radius 3 is 2.46 bits per heavy atom. The lowest BCUT2D eigenvalue weighted by molar-refractivity contribution is -0.357. The second-order valence-corrected chi connectivity index (χ2v) is 6.54. The van der Waals surface area contributed by atoms with Crippen LogP contribution >= 0.6 is 0 Å². The van der Waals surface area contributed by atoms with Gasteiger partial charge in [-0.25, -0.2) is 4.79 Å². The summed E-state index contributed by atoms with van der Waals surface area (Å²) in [5.41, 5.74) is 1.10. The molecule has 2 fully saturated rings. The fourth-order valence-electron chi connectivity index (χ4n) is 3.32. The van der Waals surface area contributed by atoms with Gasteiger partial charge in [0.2, 0.25) is 0 Å². The van der Waals surface area contributed by atoms with Crippen molar-refractivity contribution in [2.45, 2.75) is 37.0 Å². The van der Waals surface area contributed by atoms with E-state index in [4.69, 9.17) is 25.1 Å². The Hall–Kier alpha value is -2.29. The Balaban J connectivity index is 1.60. The Bertz CT molecular complexity index is 833. The molecule has 0 aliphatic carbocycles. The summed E-state index contributed by atoms with van der Waals surface area (Å²) in [4.78, 5) is 12.6. The highest BCUT2D eigenvalue weighted by Crippen LogP contribution is 2.35. The van der Waals surface area contributed by atoms with E-state index in [1.807, 2.05) is 30.3 Å². The first-order valence-electron chi connectivity index (χ1n) is 9.51. The van der Waals surface area contributed by atoms with Gasteiger partial charge >= 0.3 is 5.97 Å². The van der Waals surface area contributed by atoms with Crippen LogP contribution in [0.2, 0.25) is 0 Å². The molecule has 28 heavy (non-hydrogen) atoms. The standard InChI is InChI=1S/C21H22O7/c1-24-21-16(22)18(27-19(23)13-8-4-2-5-9-13)17-15(26-21)12-25-20(28-17)14-10-6-3-7-11-14/h2-11,15-18,20-22H,12H2,1H3/t15-,16+,17-,18-,20-,21-/m1/s1/i21D. The van der Waals surface area contributed by atoms with Gasteiger partial charge in [-0.1, -0.05) is 48.5 Å². The maximum Gasteiger partial charge on any atom is 0.338 e. The molecule has 2 aliphatic heterocycles. The highest BCUT2D eigenvalue weighted by molar-refractivity contribution is 5.89. The third-order valence-electron chi connectivity index (χ3n) is 4.73. The Kier molecular flexibility index (Phi) is 5.32. The predicted octanol–water partition coefficient (Wildman–Crippen LogP) is 2.06. The SMILES string of the molecule is [2H][C@@]1(OC)O[C@@H]2CO[C@@H](c3ccccc3)O[C@H]2[C@H](OC(=O)c2ccccc2)[C@@H]1O. The summed E-state index contributed by atoms with van der Waals surface area (Å²) < 4.78 is 36.3. The Labute approximate surface area is 164 Å². The zero-order valence-corrected chi connectivity index (χ0v) is 15.3. The van der Waals surface area contributed by atoms with Crippen molar-refractivity contribution in [3.8, 4) is 0 Å². The molecule has 7 heteroatoms. The van der Waals surface area contributed by atoms with Gasteiger partial charge in [0.05, 0.1) is 13.5 Å². The Morgan fingerprint density at radius 1 is 1.11 bits per heavy atom. The molecule has 0 radical (unpaired) electrons. The molecule has 148 valence electrons. The third kappa shape index (κ3) is 3.80. The van der Waals surface area contributed by atoms with E-state index in [0.29, 0.717) is 5.56 Å². The van der Waals surface area contributed by atoms with Crippen molar-refractivity contribution in [1.82, 2.24) is 0 Å². The molecule has 0 spiro atoms. The fraction of sp³-hybridized carbons (Fsp3) is 0.381. The summed E-state index contributed by atoms with van der Waals surface area (Å²) in [6, 6.07) is 17.7. The summed E-state index contributed by atoms with van der Waals surface area (Å²) in [6.07, 6.45) is -7.21. The molecular formula is C21H22O7. The summed E-state index contributed by atoms with van der Waals surface area (Å²) in [5, 5.41) is 10.7. The largest absolute Gasteiger partial charge is 0.453 e. The number of fused-ring (bicyclic) bond motifs is 1. The zero-order valence-electron chi connectivity index (χ0n) is 16.3. The van der Waals surface area contributed by atoms with Crippen LogP contribution in [0.4, 0.5) is 0 Å². The second kappa shape index (κ2) is 8.38. The van der Waals surface area contributed by atoms with Crippen LogP contribution in [-0.2, 0) is 23.7 Å². The lowest BCUT2D eigenvalue weighted by Crippen LogP contribution is -2.63. The van der Waals surface area contributed by atoms with E-state index in [2.05, 4.69) is 0 Å². The minimum absolute atomic E-state index is 0.0837. The molecule has 0 unspecified atom stereocenters. The summed E-state index contributed by atoms with van der Waals surface area (Å²) in [5.74, 6) is -0.639. The molecule has 7 nitrogen and oxygen atoms in total. The van der Waals surface area contributed by atoms with E-state index in [1.165, 1.54) is 7.11 Å². The number of aliphatic hydroxyl groups is 1. The van der Waals surface area contributed by atoms with E-state index in [0.717, 1.165) is 5.56 Å². The van der Waals surface area contributed by atoms with Gasteiger partial charge in [0, 0.05) is 12.7 Å². The van der Waals surface area contributed by atoms with E-state index < -0.39 is 42.9 Å². The third-order valence-corrected chi connectivity index (χ3v) is 4.73. The van der Waals surface area contributed by atoms with E-state index >= 15 is 0 Å². The number of benzene rings is 2. The molecule has 2 aromatic carbocycles. The number of carbonyl (C=O) groups excluding carboxylic acids is 1. The first-order chi connectivity index (χ1) is 14.0. The van der Waals surface area contributed by atoms with Crippen molar-refractivity contribution in [1.29, 1.82) is 0 Å². The van der Waals surface area contributed by atoms with Crippen LogP contribution in [0.5, 0.6) is 0 Å². The van der Waals surface area contributed by atoms with Gasteiger partial charge < -0.3 is 28.8 Å². The lowest BCUT2D eigenvalue weighted by Gasteiger charge is -2.47. The number of hydrogen-bond donors (Lipinski definition) is 1.